The van der Waals surface area contributed by atoms with Crippen LogP contribution in [0, 0.1) is 29.6 Å². The molecule has 0 aliphatic rings. The van der Waals surface area contributed by atoms with Gasteiger partial charge in [0.25, 0.3) is 0 Å². The Hall–Kier alpha value is -2.63. The van der Waals surface area contributed by atoms with E-state index in [4.69, 9.17) is 5.26 Å². The lowest BCUT2D eigenvalue weighted by molar-refractivity contribution is 0.591. The van der Waals surface area contributed by atoms with E-state index in [2.05, 4.69) is 0 Å². The monoisotopic (exact) mass is 296 g/mol. The molecular formula is C16H12N2O2S. The van der Waals surface area contributed by atoms with Crippen LogP contribution in [0.1, 0.15) is 21.9 Å². The summed E-state index contributed by atoms with van der Waals surface area (Å²) < 4.78 is 25.1. The molecule has 0 saturated carbocycles. The highest BCUT2D eigenvalue weighted by molar-refractivity contribution is 7.92. The van der Waals surface area contributed by atoms with E-state index < -0.39 is 15.1 Å². The molecule has 0 aliphatic carbocycles. The first-order valence-corrected chi connectivity index (χ1v) is 7.74. The van der Waals surface area contributed by atoms with Crippen molar-refractivity contribution in [2.24, 2.45) is 0 Å². The van der Waals surface area contributed by atoms with Gasteiger partial charge in [-0.25, -0.2) is 8.42 Å². The summed E-state index contributed by atoms with van der Waals surface area (Å²) in [7, 11) is -3.78. The maximum atomic E-state index is 12.5. The Morgan fingerprint density at radius 1 is 0.952 bits per heavy atom. The van der Waals surface area contributed by atoms with E-state index in [1.165, 1.54) is 36.4 Å². The van der Waals surface area contributed by atoms with Crippen LogP contribution < -0.4 is 0 Å². The normalized spacial score (nSPS) is 12.1. The number of nitriles is 2. The van der Waals surface area contributed by atoms with Gasteiger partial charge in [0.15, 0.2) is 15.1 Å². The first-order chi connectivity index (χ1) is 9.98. The van der Waals surface area contributed by atoms with Gasteiger partial charge in [-0.1, -0.05) is 29.8 Å². The third-order valence-corrected chi connectivity index (χ3v) is 5.05. The van der Waals surface area contributed by atoms with Crippen molar-refractivity contribution < 1.29 is 8.42 Å². The molecule has 0 N–H and O–H groups in total. The van der Waals surface area contributed by atoms with Gasteiger partial charge in [-0.3, -0.25) is 0 Å². The van der Waals surface area contributed by atoms with Crippen molar-refractivity contribution >= 4 is 9.84 Å². The molecule has 21 heavy (non-hydrogen) atoms. The second-order valence-electron chi connectivity index (χ2n) is 4.60. The van der Waals surface area contributed by atoms with E-state index >= 15 is 0 Å². The molecule has 5 heteroatoms. The van der Waals surface area contributed by atoms with Crippen LogP contribution in [0.5, 0.6) is 0 Å². The molecule has 0 radical (unpaired) electrons. The van der Waals surface area contributed by atoms with Gasteiger partial charge < -0.3 is 0 Å². The van der Waals surface area contributed by atoms with Gasteiger partial charge in [-0.2, -0.15) is 10.5 Å². The smallest absolute Gasteiger partial charge is 0.198 e. The van der Waals surface area contributed by atoms with Crippen LogP contribution in [0.3, 0.4) is 0 Å². The van der Waals surface area contributed by atoms with E-state index in [1.54, 1.807) is 12.1 Å². The van der Waals surface area contributed by atoms with Crippen molar-refractivity contribution in [2.75, 3.05) is 0 Å². The standard InChI is InChI=1S/C16H12N2O2S/c1-12-2-8-15(9-3-12)21(19,20)16(11-18)14-6-4-13(10-17)5-7-14/h2-9,16H,1H3. The zero-order valence-corrected chi connectivity index (χ0v) is 12.1. The summed E-state index contributed by atoms with van der Waals surface area (Å²) in [6, 6.07) is 16.2. The van der Waals surface area contributed by atoms with Gasteiger partial charge in [0, 0.05) is 0 Å². The van der Waals surface area contributed by atoms with Gasteiger partial charge in [-0.15, -0.1) is 0 Å². The Labute approximate surface area is 123 Å². The lowest BCUT2D eigenvalue weighted by Crippen LogP contribution is -2.12. The number of nitrogens with zero attached hydrogens (tertiary/aromatic N) is 2. The van der Waals surface area contributed by atoms with Crippen molar-refractivity contribution in [3.63, 3.8) is 0 Å². The lowest BCUT2D eigenvalue weighted by atomic mass is 10.1. The summed E-state index contributed by atoms with van der Waals surface area (Å²) in [6.45, 7) is 1.86. The summed E-state index contributed by atoms with van der Waals surface area (Å²) in [4.78, 5) is 0.115. The molecule has 1 atom stereocenters. The predicted octanol–water partition coefficient (Wildman–Crippen LogP) is 2.91. The van der Waals surface area contributed by atoms with Crippen LogP contribution in [-0.4, -0.2) is 8.42 Å². The molecule has 0 bridgehead atoms. The molecular weight excluding hydrogens is 284 g/mol. The fourth-order valence-electron chi connectivity index (χ4n) is 1.92. The van der Waals surface area contributed by atoms with Crippen molar-refractivity contribution in [1.82, 2.24) is 0 Å². The van der Waals surface area contributed by atoms with Crippen molar-refractivity contribution in [3.8, 4) is 12.1 Å². The minimum Gasteiger partial charge on any atom is -0.222 e. The molecule has 2 rings (SSSR count). The Morgan fingerprint density at radius 2 is 1.52 bits per heavy atom. The van der Waals surface area contributed by atoms with E-state index in [9.17, 15) is 13.7 Å². The quantitative estimate of drug-likeness (QED) is 0.872. The molecule has 0 amide bonds. The molecule has 0 fully saturated rings. The van der Waals surface area contributed by atoms with Gasteiger partial charge in [-0.05, 0) is 36.8 Å². The minimum absolute atomic E-state index is 0.115. The van der Waals surface area contributed by atoms with Gasteiger partial charge in [0.05, 0.1) is 22.6 Å². The van der Waals surface area contributed by atoms with Crippen LogP contribution in [0.25, 0.3) is 0 Å². The molecule has 1 unspecified atom stereocenters. The number of benzene rings is 2. The fraction of sp³-hybridized carbons (Fsp3) is 0.125. The Bertz CT molecular complexity index is 824. The Morgan fingerprint density at radius 3 is 2.00 bits per heavy atom. The van der Waals surface area contributed by atoms with Gasteiger partial charge in [0.2, 0.25) is 0 Å². The molecule has 0 spiro atoms. The maximum Gasteiger partial charge on any atom is 0.198 e. The first kappa shape index (κ1) is 14.8. The number of hydrogen-bond donors (Lipinski definition) is 0. The topological polar surface area (TPSA) is 81.7 Å². The highest BCUT2D eigenvalue weighted by Crippen LogP contribution is 2.28. The minimum atomic E-state index is -3.78. The molecule has 2 aromatic carbocycles. The Kier molecular flexibility index (Phi) is 4.07. The average molecular weight is 296 g/mol. The number of aryl methyl sites for hydroxylation is 1. The Balaban J connectivity index is 2.47. The summed E-state index contributed by atoms with van der Waals surface area (Å²) >= 11 is 0. The molecule has 0 saturated heterocycles. The van der Waals surface area contributed by atoms with Gasteiger partial charge >= 0.3 is 0 Å². The van der Waals surface area contributed by atoms with Crippen LogP contribution in [0.15, 0.2) is 53.4 Å². The second kappa shape index (κ2) is 5.78. The summed E-state index contributed by atoms with van der Waals surface area (Å²) in [5.41, 5.74) is 1.72. The second-order valence-corrected chi connectivity index (χ2v) is 6.63. The lowest BCUT2D eigenvalue weighted by Gasteiger charge is -2.11. The molecule has 2 aromatic rings. The van der Waals surface area contributed by atoms with Crippen LogP contribution >= 0.6 is 0 Å². The van der Waals surface area contributed by atoms with Crippen molar-refractivity contribution in [3.05, 3.63) is 65.2 Å². The zero-order valence-electron chi connectivity index (χ0n) is 11.3. The maximum absolute atomic E-state index is 12.5. The van der Waals surface area contributed by atoms with Crippen LogP contribution in [0.4, 0.5) is 0 Å². The molecule has 4 nitrogen and oxygen atoms in total. The van der Waals surface area contributed by atoms with Crippen LogP contribution in [0.2, 0.25) is 0 Å². The summed E-state index contributed by atoms with van der Waals surface area (Å²) in [6.07, 6.45) is 0. The SMILES string of the molecule is Cc1ccc(S(=O)(=O)C(C#N)c2ccc(C#N)cc2)cc1. The van der Waals surface area contributed by atoms with Gasteiger partial charge in [0.1, 0.15) is 0 Å². The van der Waals surface area contributed by atoms with Crippen molar-refractivity contribution in [1.29, 1.82) is 10.5 Å². The van der Waals surface area contributed by atoms with Crippen LogP contribution in [-0.2, 0) is 9.84 Å². The highest BCUT2D eigenvalue weighted by atomic mass is 32.2. The van der Waals surface area contributed by atoms with E-state index in [-0.39, 0.29) is 4.90 Å². The summed E-state index contributed by atoms with van der Waals surface area (Å²) in [5.74, 6) is 0. The third kappa shape index (κ3) is 2.94. The number of rotatable bonds is 3. The molecule has 104 valence electrons. The molecule has 0 heterocycles. The largest absolute Gasteiger partial charge is 0.222 e. The molecule has 0 aromatic heterocycles. The summed E-state index contributed by atoms with van der Waals surface area (Å²) in [5, 5.41) is 16.7. The van der Waals surface area contributed by atoms with Crippen molar-refractivity contribution in [2.45, 2.75) is 17.1 Å². The predicted molar refractivity (Wildman–Crippen MR) is 77.9 cm³/mol. The highest BCUT2D eigenvalue weighted by Gasteiger charge is 2.28. The fourth-order valence-corrected chi connectivity index (χ4v) is 3.36. The average Bonchev–Trinajstić information content (AvgIpc) is 2.49. The van der Waals surface area contributed by atoms with E-state index in [0.717, 1.165) is 5.56 Å². The number of sulfone groups is 1. The van der Waals surface area contributed by atoms with E-state index in [1.807, 2.05) is 19.1 Å². The van der Waals surface area contributed by atoms with E-state index in [0.29, 0.717) is 11.1 Å². The molecule has 0 aliphatic heterocycles. The first-order valence-electron chi connectivity index (χ1n) is 6.19. The zero-order chi connectivity index (χ0) is 15.5. The number of hydrogen-bond acceptors (Lipinski definition) is 4. The third-order valence-electron chi connectivity index (χ3n) is 3.12.